The Kier molecular flexibility index (Phi) is 4.26. The molecule has 1 aliphatic rings. The van der Waals surface area contributed by atoms with Gasteiger partial charge in [-0.15, -0.1) is 0 Å². The van der Waals surface area contributed by atoms with Crippen LogP contribution in [0, 0.1) is 5.92 Å². The summed E-state index contributed by atoms with van der Waals surface area (Å²) >= 11 is 3.27. The van der Waals surface area contributed by atoms with Gasteiger partial charge in [0.15, 0.2) is 0 Å². The van der Waals surface area contributed by atoms with Crippen LogP contribution >= 0.6 is 15.9 Å². The van der Waals surface area contributed by atoms with Gasteiger partial charge in [-0.25, -0.2) is 13.6 Å². The maximum Gasteiger partial charge on any atom is 0.238 e. The Hall–Kier alpha value is -0.630. The van der Waals surface area contributed by atoms with Crippen LogP contribution in [-0.4, -0.2) is 28.2 Å². The number of rotatable bonds is 4. The van der Waals surface area contributed by atoms with Crippen LogP contribution in [-0.2, 0) is 14.8 Å². The van der Waals surface area contributed by atoms with E-state index < -0.39 is 10.0 Å². The molecule has 2 rings (SSSR count). The van der Waals surface area contributed by atoms with E-state index in [0.29, 0.717) is 29.4 Å². The molecule has 5 nitrogen and oxygen atoms in total. The van der Waals surface area contributed by atoms with Crippen molar-refractivity contribution >= 4 is 26.0 Å². The van der Waals surface area contributed by atoms with E-state index >= 15 is 0 Å². The van der Waals surface area contributed by atoms with Crippen molar-refractivity contribution in [2.75, 3.05) is 19.8 Å². The van der Waals surface area contributed by atoms with Crippen LogP contribution < -0.4 is 9.88 Å². The molecular formula is C11H14BrNO4S. The van der Waals surface area contributed by atoms with Crippen LogP contribution in [0.3, 0.4) is 0 Å². The maximum absolute atomic E-state index is 11.2. The number of primary sulfonamides is 1. The lowest BCUT2D eigenvalue weighted by atomic mass is 10.1. The minimum Gasteiger partial charge on any atom is -0.492 e. The van der Waals surface area contributed by atoms with Crippen molar-refractivity contribution in [3.63, 3.8) is 0 Å². The van der Waals surface area contributed by atoms with E-state index in [4.69, 9.17) is 14.6 Å². The Bertz CT molecular complexity index is 526. The van der Waals surface area contributed by atoms with Gasteiger partial charge in [0.25, 0.3) is 0 Å². The molecule has 18 heavy (non-hydrogen) atoms. The second kappa shape index (κ2) is 5.56. The summed E-state index contributed by atoms with van der Waals surface area (Å²) in [7, 11) is -3.68. The minimum absolute atomic E-state index is 0.0610. The predicted octanol–water partition coefficient (Wildman–Crippen LogP) is 1.51. The van der Waals surface area contributed by atoms with Crippen LogP contribution in [0.2, 0.25) is 0 Å². The van der Waals surface area contributed by atoms with Crippen LogP contribution in [0.5, 0.6) is 5.75 Å². The van der Waals surface area contributed by atoms with Crippen LogP contribution in [0.25, 0.3) is 0 Å². The molecule has 1 aromatic carbocycles. The molecule has 0 saturated carbocycles. The molecule has 7 heteroatoms. The molecule has 2 N–H and O–H groups in total. The van der Waals surface area contributed by atoms with E-state index in [9.17, 15) is 8.42 Å². The Morgan fingerprint density at radius 3 is 2.83 bits per heavy atom. The van der Waals surface area contributed by atoms with E-state index in [-0.39, 0.29) is 4.90 Å². The monoisotopic (exact) mass is 335 g/mol. The Morgan fingerprint density at radius 1 is 1.50 bits per heavy atom. The average Bonchev–Trinajstić information content (AvgIpc) is 2.79. The topological polar surface area (TPSA) is 78.6 Å². The lowest BCUT2D eigenvalue weighted by Gasteiger charge is -2.12. The second-order valence-electron chi connectivity index (χ2n) is 4.18. The largest absolute Gasteiger partial charge is 0.492 e. The van der Waals surface area contributed by atoms with Gasteiger partial charge >= 0.3 is 0 Å². The van der Waals surface area contributed by atoms with Crippen molar-refractivity contribution in [3.05, 3.63) is 22.7 Å². The van der Waals surface area contributed by atoms with Gasteiger partial charge in [0.1, 0.15) is 5.75 Å². The lowest BCUT2D eigenvalue weighted by Crippen LogP contribution is -2.13. The van der Waals surface area contributed by atoms with Gasteiger partial charge in [0.2, 0.25) is 10.0 Å². The normalized spacial score (nSPS) is 20.0. The molecule has 0 aliphatic carbocycles. The van der Waals surface area contributed by atoms with Gasteiger partial charge in [0, 0.05) is 12.5 Å². The fourth-order valence-corrected chi connectivity index (χ4v) is 2.88. The van der Waals surface area contributed by atoms with Crippen molar-refractivity contribution in [2.24, 2.45) is 11.1 Å². The lowest BCUT2D eigenvalue weighted by molar-refractivity contribution is 0.167. The van der Waals surface area contributed by atoms with Crippen LogP contribution in [0.15, 0.2) is 27.6 Å². The summed E-state index contributed by atoms with van der Waals surface area (Å²) < 4.78 is 33.8. The zero-order valence-corrected chi connectivity index (χ0v) is 12.0. The molecule has 1 aromatic rings. The number of ether oxygens (including phenoxy) is 2. The number of sulfonamides is 1. The first-order valence-corrected chi connectivity index (χ1v) is 7.83. The fourth-order valence-electron chi connectivity index (χ4n) is 1.70. The third-order valence-corrected chi connectivity index (χ3v) is 4.26. The summed E-state index contributed by atoms with van der Waals surface area (Å²) in [6.07, 6.45) is 0.993. The highest BCUT2D eigenvalue weighted by atomic mass is 79.9. The standard InChI is InChI=1S/C11H14BrNO4S/c12-10-5-9(18(13,14)15)1-2-11(10)17-7-8-3-4-16-6-8/h1-2,5,8H,3-4,6-7H2,(H2,13,14,15). The molecule has 1 saturated heterocycles. The second-order valence-corrected chi connectivity index (χ2v) is 6.59. The third kappa shape index (κ3) is 3.44. The van der Waals surface area contributed by atoms with Crippen molar-refractivity contribution in [1.29, 1.82) is 0 Å². The molecule has 0 radical (unpaired) electrons. The zero-order chi connectivity index (χ0) is 13.2. The molecule has 1 aliphatic heterocycles. The van der Waals surface area contributed by atoms with Crippen LogP contribution in [0.1, 0.15) is 6.42 Å². The van der Waals surface area contributed by atoms with Crippen molar-refractivity contribution in [3.8, 4) is 5.75 Å². The number of halogens is 1. The Morgan fingerprint density at radius 2 is 2.28 bits per heavy atom. The molecular weight excluding hydrogens is 322 g/mol. The maximum atomic E-state index is 11.2. The van der Waals surface area contributed by atoms with Crippen molar-refractivity contribution in [2.45, 2.75) is 11.3 Å². The molecule has 1 heterocycles. The average molecular weight is 336 g/mol. The number of hydrogen-bond acceptors (Lipinski definition) is 4. The van der Waals surface area contributed by atoms with Gasteiger partial charge in [0.05, 0.1) is 22.6 Å². The molecule has 1 fully saturated rings. The SMILES string of the molecule is NS(=O)(=O)c1ccc(OCC2CCOC2)c(Br)c1. The van der Waals surface area contributed by atoms with Gasteiger partial charge < -0.3 is 9.47 Å². The summed E-state index contributed by atoms with van der Waals surface area (Å²) in [5.41, 5.74) is 0. The van der Waals surface area contributed by atoms with Gasteiger partial charge in [-0.2, -0.15) is 0 Å². The molecule has 100 valence electrons. The number of benzene rings is 1. The summed E-state index contributed by atoms with van der Waals surface area (Å²) in [6.45, 7) is 2.06. The molecule has 0 spiro atoms. The molecule has 1 atom stereocenters. The Labute approximate surface area is 114 Å². The molecule has 0 aromatic heterocycles. The minimum atomic E-state index is -3.68. The van der Waals surface area contributed by atoms with Crippen molar-refractivity contribution < 1.29 is 17.9 Å². The third-order valence-electron chi connectivity index (χ3n) is 2.73. The summed E-state index contributed by atoms with van der Waals surface area (Å²) in [5.74, 6) is 1.00. The highest BCUT2D eigenvalue weighted by Crippen LogP contribution is 2.28. The first-order valence-electron chi connectivity index (χ1n) is 5.50. The van der Waals surface area contributed by atoms with Gasteiger partial charge in [-0.05, 0) is 40.5 Å². The molecule has 1 unspecified atom stereocenters. The first-order chi connectivity index (χ1) is 8.47. The van der Waals surface area contributed by atoms with E-state index in [1.807, 2.05) is 0 Å². The van der Waals surface area contributed by atoms with Crippen molar-refractivity contribution in [1.82, 2.24) is 0 Å². The highest BCUT2D eigenvalue weighted by molar-refractivity contribution is 9.10. The van der Waals surface area contributed by atoms with Crippen LogP contribution in [0.4, 0.5) is 0 Å². The Balaban J connectivity index is 2.05. The highest BCUT2D eigenvalue weighted by Gasteiger charge is 2.17. The fraction of sp³-hybridized carbons (Fsp3) is 0.455. The first kappa shape index (κ1) is 13.8. The van der Waals surface area contributed by atoms with Gasteiger partial charge in [-0.3, -0.25) is 0 Å². The zero-order valence-electron chi connectivity index (χ0n) is 9.63. The van der Waals surface area contributed by atoms with E-state index in [0.717, 1.165) is 13.0 Å². The summed E-state index contributed by atoms with van der Waals surface area (Å²) in [5, 5.41) is 5.04. The van der Waals surface area contributed by atoms with Gasteiger partial charge in [-0.1, -0.05) is 0 Å². The quantitative estimate of drug-likeness (QED) is 0.904. The summed E-state index contributed by atoms with van der Waals surface area (Å²) in [6, 6.07) is 4.47. The summed E-state index contributed by atoms with van der Waals surface area (Å²) in [4.78, 5) is 0.0610. The molecule has 0 amide bonds. The smallest absolute Gasteiger partial charge is 0.238 e. The predicted molar refractivity (Wildman–Crippen MR) is 69.9 cm³/mol. The number of hydrogen-bond donors (Lipinski definition) is 1. The van der Waals surface area contributed by atoms with E-state index in [2.05, 4.69) is 15.9 Å². The number of nitrogens with two attached hydrogens (primary N) is 1. The van der Waals surface area contributed by atoms with E-state index in [1.165, 1.54) is 12.1 Å². The van der Waals surface area contributed by atoms with E-state index in [1.54, 1.807) is 6.07 Å². The molecule has 0 bridgehead atoms.